The highest BCUT2D eigenvalue weighted by molar-refractivity contribution is 6.08. The summed E-state index contributed by atoms with van der Waals surface area (Å²) in [5.41, 5.74) is 3.27. The van der Waals surface area contributed by atoms with E-state index in [1.807, 2.05) is 30.3 Å². The van der Waals surface area contributed by atoms with E-state index in [1.165, 1.54) is 19.6 Å². The number of hydrogen-bond donors (Lipinski definition) is 3. The Bertz CT molecular complexity index is 867. The van der Waals surface area contributed by atoms with Crippen molar-refractivity contribution in [2.24, 2.45) is 0 Å². The summed E-state index contributed by atoms with van der Waals surface area (Å²) in [6, 6.07) is 14.5. The van der Waals surface area contributed by atoms with E-state index in [2.05, 4.69) is 17.2 Å². The van der Waals surface area contributed by atoms with Gasteiger partial charge in [-0.2, -0.15) is 0 Å². The molecule has 3 amide bonds. The van der Waals surface area contributed by atoms with Crippen molar-refractivity contribution >= 4 is 17.7 Å². The molecule has 0 bridgehead atoms. The molecule has 27 heavy (non-hydrogen) atoms. The average molecular weight is 365 g/mol. The summed E-state index contributed by atoms with van der Waals surface area (Å²) in [7, 11) is 2.64. The highest BCUT2D eigenvalue weighted by Gasteiger charge is 2.33. The first-order valence-electron chi connectivity index (χ1n) is 8.07. The number of likely N-dealkylation sites (N-methyl/N-ethyl adjacent to an activating group) is 2. The zero-order valence-corrected chi connectivity index (χ0v) is 14.9. The molecule has 0 heterocycles. The molecular formula is C20H19N3O4. The van der Waals surface area contributed by atoms with Crippen LogP contribution >= 0.6 is 0 Å². The lowest BCUT2D eigenvalue weighted by Crippen LogP contribution is -2.54. The predicted molar refractivity (Wildman–Crippen MR) is 98.7 cm³/mol. The van der Waals surface area contributed by atoms with Crippen molar-refractivity contribution in [3.8, 4) is 11.8 Å². The molecule has 1 unspecified atom stereocenters. The highest BCUT2D eigenvalue weighted by atomic mass is 16.5. The van der Waals surface area contributed by atoms with Gasteiger partial charge in [0.05, 0.1) is 0 Å². The third-order valence-corrected chi connectivity index (χ3v) is 3.82. The average Bonchev–Trinajstić information content (AvgIpc) is 2.72. The molecule has 0 saturated carbocycles. The quantitative estimate of drug-likeness (QED) is 0.323. The van der Waals surface area contributed by atoms with Crippen LogP contribution in [0.2, 0.25) is 0 Å². The summed E-state index contributed by atoms with van der Waals surface area (Å²) < 4.78 is 0. The fraction of sp³-hybridized carbons (Fsp3) is 0.150. The Morgan fingerprint density at radius 3 is 2.00 bits per heavy atom. The van der Waals surface area contributed by atoms with Gasteiger partial charge in [0.25, 0.3) is 17.7 Å². The fourth-order valence-corrected chi connectivity index (χ4v) is 2.35. The molecule has 138 valence electrons. The molecule has 0 aromatic heterocycles. The number of rotatable bonds is 4. The summed E-state index contributed by atoms with van der Waals surface area (Å²) in [5.74, 6) is 3.74. The number of nitrogens with one attached hydrogen (secondary N) is 2. The van der Waals surface area contributed by atoms with Crippen molar-refractivity contribution < 1.29 is 19.6 Å². The van der Waals surface area contributed by atoms with Gasteiger partial charge in [-0.1, -0.05) is 30.0 Å². The molecule has 0 spiro atoms. The molecule has 2 aromatic carbocycles. The Morgan fingerprint density at radius 2 is 1.48 bits per heavy atom. The van der Waals surface area contributed by atoms with E-state index in [0.29, 0.717) is 5.56 Å². The van der Waals surface area contributed by atoms with Crippen LogP contribution in [0.15, 0.2) is 54.6 Å². The van der Waals surface area contributed by atoms with Gasteiger partial charge in [0.1, 0.15) is 0 Å². The first kappa shape index (κ1) is 19.7. The molecule has 7 heteroatoms. The number of amides is 3. The summed E-state index contributed by atoms with van der Waals surface area (Å²) in [5, 5.41) is 11.1. The van der Waals surface area contributed by atoms with E-state index in [9.17, 15) is 14.4 Å². The molecule has 7 nitrogen and oxygen atoms in total. The molecule has 0 aliphatic carbocycles. The van der Waals surface area contributed by atoms with Crippen LogP contribution in [-0.4, -0.2) is 48.0 Å². The SMILES string of the molecule is CNC(=O)C(C(=O)NO)N(C)C(=O)c1ccc(C#Cc2ccccc2)cc1. The van der Waals surface area contributed by atoms with E-state index in [0.717, 1.165) is 10.5 Å². The lowest BCUT2D eigenvalue weighted by atomic mass is 10.1. The van der Waals surface area contributed by atoms with E-state index in [1.54, 1.807) is 24.3 Å². The summed E-state index contributed by atoms with van der Waals surface area (Å²) >= 11 is 0. The first-order valence-corrected chi connectivity index (χ1v) is 8.07. The van der Waals surface area contributed by atoms with Gasteiger partial charge in [-0.15, -0.1) is 0 Å². The number of benzene rings is 2. The summed E-state index contributed by atoms with van der Waals surface area (Å²) in [4.78, 5) is 37.1. The van der Waals surface area contributed by atoms with Gasteiger partial charge in [-0.25, -0.2) is 5.48 Å². The van der Waals surface area contributed by atoms with Gasteiger partial charge in [0.15, 0.2) is 6.04 Å². The van der Waals surface area contributed by atoms with Crippen molar-refractivity contribution in [1.29, 1.82) is 0 Å². The Hall–Kier alpha value is -3.63. The lowest BCUT2D eigenvalue weighted by Gasteiger charge is -2.25. The maximum Gasteiger partial charge on any atom is 0.275 e. The smallest absolute Gasteiger partial charge is 0.275 e. The monoisotopic (exact) mass is 365 g/mol. The van der Waals surface area contributed by atoms with Gasteiger partial charge in [-0.3, -0.25) is 19.6 Å². The third-order valence-electron chi connectivity index (χ3n) is 3.82. The fourth-order valence-electron chi connectivity index (χ4n) is 2.35. The maximum atomic E-state index is 12.6. The van der Waals surface area contributed by atoms with Crippen LogP contribution < -0.4 is 10.8 Å². The normalized spacial score (nSPS) is 10.8. The Kier molecular flexibility index (Phi) is 6.69. The van der Waals surface area contributed by atoms with Crippen molar-refractivity contribution in [1.82, 2.24) is 15.7 Å². The minimum Gasteiger partial charge on any atom is -0.357 e. The van der Waals surface area contributed by atoms with Crippen LogP contribution in [0.1, 0.15) is 21.5 Å². The predicted octanol–water partition coefficient (Wildman–Crippen LogP) is 0.778. The van der Waals surface area contributed by atoms with Gasteiger partial charge in [0.2, 0.25) is 0 Å². The van der Waals surface area contributed by atoms with Crippen molar-refractivity contribution in [3.63, 3.8) is 0 Å². The topological polar surface area (TPSA) is 98.7 Å². The Labute approximate surface area is 156 Å². The molecular weight excluding hydrogens is 346 g/mol. The molecule has 0 aliphatic rings. The molecule has 0 saturated heterocycles. The molecule has 2 aromatic rings. The molecule has 2 rings (SSSR count). The van der Waals surface area contributed by atoms with Crippen molar-refractivity contribution in [2.45, 2.75) is 6.04 Å². The minimum absolute atomic E-state index is 0.280. The third kappa shape index (κ3) is 4.93. The van der Waals surface area contributed by atoms with E-state index < -0.39 is 23.8 Å². The van der Waals surface area contributed by atoms with Crippen molar-refractivity contribution in [3.05, 3.63) is 71.3 Å². The molecule has 3 N–H and O–H groups in total. The van der Waals surface area contributed by atoms with E-state index in [4.69, 9.17) is 5.21 Å². The zero-order valence-electron chi connectivity index (χ0n) is 14.9. The minimum atomic E-state index is -1.50. The second kappa shape index (κ2) is 9.17. The summed E-state index contributed by atoms with van der Waals surface area (Å²) in [6.07, 6.45) is 0. The van der Waals surface area contributed by atoms with Crippen LogP contribution in [0, 0.1) is 11.8 Å². The molecule has 0 radical (unpaired) electrons. The largest absolute Gasteiger partial charge is 0.357 e. The number of carbonyl (C=O) groups is 3. The van der Waals surface area contributed by atoms with Crippen LogP contribution in [0.25, 0.3) is 0 Å². The lowest BCUT2D eigenvalue weighted by molar-refractivity contribution is -0.140. The Balaban J connectivity index is 2.18. The van der Waals surface area contributed by atoms with Gasteiger partial charge in [0, 0.05) is 30.8 Å². The molecule has 1 atom stereocenters. The van der Waals surface area contributed by atoms with Gasteiger partial charge < -0.3 is 10.2 Å². The van der Waals surface area contributed by atoms with E-state index in [-0.39, 0.29) is 5.56 Å². The summed E-state index contributed by atoms with van der Waals surface area (Å²) in [6.45, 7) is 0. The van der Waals surface area contributed by atoms with Crippen LogP contribution in [0.3, 0.4) is 0 Å². The zero-order chi connectivity index (χ0) is 19.8. The Morgan fingerprint density at radius 1 is 0.926 bits per heavy atom. The van der Waals surface area contributed by atoms with Gasteiger partial charge >= 0.3 is 0 Å². The molecule has 0 aliphatic heterocycles. The van der Waals surface area contributed by atoms with Crippen LogP contribution in [-0.2, 0) is 9.59 Å². The van der Waals surface area contributed by atoms with Crippen LogP contribution in [0.4, 0.5) is 0 Å². The number of carbonyl (C=O) groups excluding carboxylic acids is 3. The van der Waals surface area contributed by atoms with Crippen molar-refractivity contribution in [2.75, 3.05) is 14.1 Å². The van der Waals surface area contributed by atoms with E-state index >= 15 is 0 Å². The standard InChI is InChI=1S/C20H19N3O4/c1-21-18(24)17(19(25)22-27)23(2)20(26)16-12-10-15(11-13-16)9-8-14-6-4-3-5-7-14/h3-7,10-13,17,27H,1-2H3,(H,21,24)(H,22,25). The number of nitrogens with zero attached hydrogens (tertiary/aromatic N) is 1. The first-order chi connectivity index (χ1) is 13.0. The number of hydroxylamine groups is 1. The van der Waals surface area contributed by atoms with Crippen LogP contribution in [0.5, 0.6) is 0 Å². The second-order valence-electron chi connectivity index (χ2n) is 5.60. The van der Waals surface area contributed by atoms with Gasteiger partial charge in [-0.05, 0) is 36.4 Å². The maximum absolute atomic E-state index is 12.6. The second-order valence-corrected chi connectivity index (χ2v) is 5.60. The molecule has 0 fully saturated rings. The highest BCUT2D eigenvalue weighted by Crippen LogP contribution is 2.10. The number of hydrogen-bond acceptors (Lipinski definition) is 4.